The van der Waals surface area contributed by atoms with Gasteiger partial charge in [0.15, 0.2) is 9.84 Å². The van der Waals surface area contributed by atoms with Crippen LogP contribution >= 0.6 is 11.6 Å². The zero-order valence-electron chi connectivity index (χ0n) is 10.5. The first-order valence-corrected chi connectivity index (χ1v) is 8.17. The lowest BCUT2D eigenvalue weighted by molar-refractivity contribution is 0.354. The Morgan fingerprint density at radius 3 is 2.38 bits per heavy atom. The monoisotopic (exact) mass is 266 g/mol. The minimum absolute atomic E-state index is 0.260. The van der Waals surface area contributed by atoms with E-state index in [1.165, 1.54) is 0 Å². The Hall–Kier alpha value is 0.240. The normalized spacial score (nSPS) is 28.0. The SMILES string of the molecule is CC(C)(C)S(=O)(=O)CCC1CCCC(Cl)C1. The Kier molecular flexibility index (Phi) is 4.70. The van der Waals surface area contributed by atoms with Crippen molar-refractivity contribution in [3.8, 4) is 0 Å². The third-order valence-corrected chi connectivity index (χ3v) is 6.48. The van der Waals surface area contributed by atoms with Crippen LogP contribution in [0.25, 0.3) is 0 Å². The Morgan fingerprint density at radius 1 is 1.25 bits per heavy atom. The molecule has 0 bridgehead atoms. The van der Waals surface area contributed by atoms with E-state index < -0.39 is 14.6 Å². The van der Waals surface area contributed by atoms with Crippen molar-refractivity contribution < 1.29 is 8.42 Å². The average Bonchev–Trinajstić information content (AvgIpc) is 2.13. The topological polar surface area (TPSA) is 34.1 Å². The van der Waals surface area contributed by atoms with Gasteiger partial charge in [-0.1, -0.05) is 12.8 Å². The smallest absolute Gasteiger partial charge is 0.155 e. The quantitative estimate of drug-likeness (QED) is 0.734. The van der Waals surface area contributed by atoms with Crippen LogP contribution in [0, 0.1) is 5.92 Å². The van der Waals surface area contributed by atoms with Crippen LogP contribution in [0.3, 0.4) is 0 Å². The molecule has 1 aliphatic rings. The highest BCUT2D eigenvalue weighted by atomic mass is 35.5. The van der Waals surface area contributed by atoms with E-state index in [0.29, 0.717) is 11.7 Å². The molecule has 0 heterocycles. The summed E-state index contributed by atoms with van der Waals surface area (Å²) in [6.07, 6.45) is 5.14. The van der Waals surface area contributed by atoms with E-state index in [1.54, 1.807) is 20.8 Å². The van der Waals surface area contributed by atoms with Crippen molar-refractivity contribution in [2.24, 2.45) is 5.92 Å². The molecule has 0 aromatic rings. The van der Waals surface area contributed by atoms with Crippen molar-refractivity contribution in [3.63, 3.8) is 0 Å². The van der Waals surface area contributed by atoms with Crippen molar-refractivity contribution in [3.05, 3.63) is 0 Å². The molecule has 0 N–H and O–H groups in total. The predicted octanol–water partition coefficient (Wildman–Crippen LogP) is 3.39. The first kappa shape index (κ1) is 14.3. The van der Waals surface area contributed by atoms with Crippen LogP contribution in [0.1, 0.15) is 52.9 Å². The molecule has 16 heavy (non-hydrogen) atoms. The van der Waals surface area contributed by atoms with Crippen LogP contribution < -0.4 is 0 Å². The van der Waals surface area contributed by atoms with Gasteiger partial charge in [-0.3, -0.25) is 0 Å². The fraction of sp³-hybridized carbons (Fsp3) is 1.00. The fourth-order valence-electron chi connectivity index (χ4n) is 2.12. The Bertz CT molecular complexity index is 316. The molecular weight excluding hydrogens is 244 g/mol. The molecule has 0 aromatic heterocycles. The molecule has 4 heteroatoms. The lowest BCUT2D eigenvalue weighted by atomic mass is 9.87. The molecule has 0 amide bonds. The molecule has 1 aliphatic carbocycles. The molecule has 0 radical (unpaired) electrons. The molecule has 2 unspecified atom stereocenters. The first-order chi connectivity index (χ1) is 7.22. The van der Waals surface area contributed by atoms with Gasteiger partial charge in [0.05, 0.1) is 10.5 Å². The summed E-state index contributed by atoms with van der Waals surface area (Å²) in [6.45, 7) is 5.31. The highest BCUT2D eigenvalue weighted by molar-refractivity contribution is 7.92. The molecule has 2 atom stereocenters. The number of rotatable bonds is 3. The molecule has 1 fully saturated rings. The first-order valence-electron chi connectivity index (χ1n) is 6.09. The van der Waals surface area contributed by atoms with Crippen LogP contribution in [-0.2, 0) is 9.84 Å². The second kappa shape index (κ2) is 5.26. The van der Waals surface area contributed by atoms with Gasteiger partial charge in [0.2, 0.25) is 0 Å². The molecule has 0 aromatic carbocycles. The number of halogens is 1. The summed E-state index contributed by atoms with van der Waals surface area (Å²) in [6, 6.07) is 0. The van der Waals surface area contributed by atoms with Crippen LogP contribution in [0.5, 0.6) is 0 Å². The van der Waals surface area contributed by atoms with Gasteiger partial charge in [-0.05, 0) is 46.0 Å². The highest BCUT2D eigenvalue weighted by Gasteiger charge is 2.30. The van der Waals surface area contributed by atoms with Crippen LogP contribution in [-0.4, -0.2) is 24.3 Å². The number of sulfone groups is 1. The average molecular weight is 267 g/mol. The van der Waals surface area contributed by atoms with Gasteiger partial charge in [-0.2, -0.15) is 0 Å². The van der Waals surface area contributed by atoms with Crippen LogP contribution in [0.15, 0.2) is 0 Å². The van der Waals surface area contributed by atoms with Gasteiger partial charge in [-0.15, -0.1) is 11.6 Å². The summed E-state index contributed by atoms with van der Waals surface area (Å²) in [5.41, 5.74) is 0. The standard InChI is InChI=1S/C12H23ClO2S/c1-12(2,3)16(14,15)8-7-10-5-4-6-11(13)9-10/h10-11H,4-9H2,1-3H3. The van der Waals surface area contributed by atoms with Gasteiger partial charge < -0.3 is 0 Å². The highest BCUT2D eigenvalue weighted by Crippen LogP contribution is 2.31. The van der Waals surface area contributed by atoms with E-state index in [2.05, 4.69) is 0 Å². The second-order valence-corrected chi connectivity index (χ2v) is 9.33. The third kappa shape index (κ3) is 3.92. The van der Waals surface area contributed by atoms with E-state index in [9.17, 15) is 8.42 Å². The van der Waals surface area contributed by atoms with Crippen molar-refractivity contribution in [1.82, 2.24) is 0 Å². The Balaban J connectivity index is 2.46. The number of hydrogen-bond donors (Lipinski definition) is 0. The van der Waals surface area contributed by atoms with Gasteiger partial charge in [0, 0.05) is 5.38 Å². The molecule has 96 valence electrons. The minimum Gasteiger partial charge on any atom is -0.228 e. The predicted molar refractivity (Wildman–Crippen MR) is 69.8 cm³/mol. The van der Waals surface area contributed by atoms with Gasteiger partial charge >= 0.3 is 0 Å². The van der Waals surface area contributed by atoms with Gasteiger partial charge in [0.25, 0.3) is 0 Å². The van der Waals surface area contributed by atoms with Crippen molar-refractivity contribution in [2.75, 3.05) is 5.75 Å². The lowest BCUT2D eigenvalue weighted by Gasteiger charge is -2.26. The third-order valence-electron chi connectivity index (χ3n) is 3.45. The Labute approximate surface area is 105 Å². The van der Waals surface area contributed by atoms with E-state index in [0.717, 1.165) is 32.1 Å². The largest absolute Gasteiger partial charge is 0.228 e. The molecule has 0 aliphatic heterocycles. The summed E-state index contributed by atoms with van der Waals surface area (Å²) in [4.78, 5) is 0. The Morgan fingerprint density at radius 2 is 1.88 bits per heavy atom. The summed E-state index contributed by atoms with van der Waals surface area (Å²) < 4.78 is 23.3. The molecule has 1 saturated carbocycles. The zero-order chi connectivity index (χ0) is 12.4. The maximum absolute atomic E-state index is 11.9. The summed E-state index contributed by atoms with van der Waals surface area (Å²) in [7, 11) is -2.96. The van der Waals surface area contributed by atoms with E-state index >= 15 is 0 Å². The lowest BCUT2D eigenvalue weighted by Crippen LogP contribution is -2.31. The summed E-state index contributed by atoms with van der Waals surface area (Å²) in [5.74, 6) is 0.818. The number of alkyl halides is 1. The van der Waals surface area contributed by atoms with Crippen LogP contribution in [0.2, 0.25) is 0 Å². The van der Waals surface area contributed by atoms with Gasteiger partial charge in [-0.25, -0.2) is 8.42 Å². The molecule has 0 saturated heterocycles. The van der Waals surface area contributed by atoms with Crippen molar-refractivity contribution in [1.29, 1.82) is 0 Å². The van der Waals surface area contributed by atoms with Crippen molar-refractivity contribution >= 4 is 21.4 Å². The fourth-order valence-corrected chi connectivity index (χ4v) is 3.78. The number of hydrogen-bond acceptors (Lipinski definition) is 2. The molecule has 2 nitrogen and oxygen atoms in total. The second-order valence-electron chi connectivity index (χ2n) is 5.85. The summed E-state index contributed by atoms with van der Waals surface area (Å²) in [5, 5.41) is 0.260. The maximum Gasteiger partial charge on any atom is 0.155 e. The van der Waals surface area contributed by atoms with Crippen molar-refractivity contribution in [2.45, 2.75) is 63.0 Å². The minimum atomic E-state index is -2.96. The van der Waals surface area contributed by atoms with E-state index in [-0.39, 0.29) is 5.38 Å². The van der Waals surface area contributed by atoms with Crippen LogP contribution in [0.4, 0.5) is 0 Å². The van der Waals surface area contributed by atoms with E-state index in [1.807, 2.05) is 0 Å². The molecule has 0 spiro atoms. The molecule has 1 rings (SSSR count). The van der Waals surface area contributed by atoms with Gasteiger partial charge in [0.1, 0.15) is 0 Å². The summed E-state index contributed by atoms with van der Waals surface area (Å²) >= 11 is 6.10. The zero-order valence-corrected chi connectivity index (χ0v) is 12.1. The molecular formula is C12H23ClO2S. The maximum atomic E-state index is 11.9. The van der Waals surface area contributed by atoms with E-state index in [4.69, 9.17) is 11.6 Å².